The molecular weight excluding hydrogens is 472 g/mol. The van der Waals surface area contributed by atoms with Gasteiger partial charge in [0.15, 0.2) is 0 Å². The van der Waals surface area contributed by atoms with Crippen LogP contribution in [0.15, 0.2) is 55.9 Å². The van der Waals surface area contributed by atoms with Crippen molar-refractivity contribution in [2.75, 3.05) is 26.2 Å². The number of hydrogen-bond donors (Lipinski definition) is 1. The zero-order chi connectivity index (χ0) is 23.1. The molecule has 0 aliphatic carbocycles. The van der Waals surface area contributed by atoms with Crippen molar-refractivity contribution in [2.45, 2.75) is 29.0 Å². The van der Waals surface area contributed by atoms with E-state index in [0.717, 1.165) is 0 Å². The lowest BCUT2D eigenvalue weighted by Gasteiger charge is -2.35. The molecule has 1 amide bonds. The number of rotatable bonds is 5. The monoisotopic (exact) mass is 496 g/mol. The Labute approximate surface area is 191 Å². The Bertz CT molecular complexity index is 1250. The van der Waals surface area contributed by atoms with Crippen LogP contribution in [0.2, 0.25) is 0 Å². The molecular formula is C20H24N4O5S3. The molecule has 2 aliphatic rings. The second-order valence-corrected chi connectivity index (χ2v) is 12.7. The summed E-state index contributed by atoms with van der Waals surface area (Å²) in [6, 6.07) is 8.98. The van der Waals surface area contributed by atoms with Gasteiger partial charge >= 0.3 is 0 Å². The number of amidine groups is 1. The second-order valence-electron chi connectivity index (χ2n) is 7.93. The Morgan fingerprint density at radius 2 is 1.78 bits per heavy atom. The second kappa shape index (κ2) is 8.58. The van der Waals surface area contributed by atoms with Crippen LogP contribution in [0.25, 0.3) is 0 Å². The summed E-state index contributed by atoms with van der Waals surface area (Å²) in [5.74, 6) is -0.268. The van der Waals surface area contributed by atoms with E-state index in [-0.39, 0.29) is 52.9 Å². The van der Waals surface area contributed by atoms with E-state index in [9.17, 15) is 21.6 Å². The van der Waals surface area contributed by atoms with Crippen LogP contribution in [0.1, 0.15) is 19.4 Å². The molecule has 32 heavy (non-hydrogen) atoms. The fourth-order valence-electron chi connectivity index (χ4n) is 3.73. The number of fused-ring (bicyclic) bond motifs is 1. The van der Waals surface area contributed by atoms with E-state index in [1.54, 1.807) is 40.6 Å². The Morgan fingerprint density at radius 3 is 2.41 bits per heavy atom. The van der Waals surface area contributed by atoms with Crippen LogP contribution in [-0.2, 0) is 24.8 Å². The van der Waals surface area contributed by atoms with Crippen molar-refractivity contribution in [2.24, 2.45) is 10.9 Å². The van der Waals surface area contributed by atoms with Gasteiger partial charge in [-0.15, -0.1) is 11.3 Å². The lowest BCUT2D eigenvalue weighted by Crippen LogP contribution is -2.53. The van der Waals surface area contributed by atoms with Gasteiger partial charge in [0, 0.05) is 31.7 Å². The maximum atomic E-state index is 13.3. The molecule has 0 bridgehead atoms. The molecule has 0 saturated carbocycles. The first-order chi connectivity index (χ1) is 15.1. The summed E-state index contributed by atoms with van der Waals surface area (Å²) in [6.07, 6.45) is 0. The van der Waals surface area contributed by atoms with Crippen molar-refractivity contribution < 1.29 is 21.6 Å². The number of piperazine rings is 1. The molecule has 1 aromatic carbocycles. The fourth-order valence-corrected chi connectivity index (χ4v) is 7.54. The molecule has 0 radical (unpaired) electrons. The number of benzene rings is 1. The van der Waals surface area contributed by atoms with E-state index < -0.39 is 26.1 Å². The normalized spacial score (nSPS) is 20.8. The summed E-state index contributed by atoms with van der Waals surface area (Å²) >= 11 is 1.17. The van der Waals surface area contributed by atoms with Crippen molar-refractivity contribution in [1.82, 2.24) is 13.9 Å². The zero-order valence-electron chi connectivity index (χ0n) is 17.6. The average molecular weight is 497 g/mol. The number of carbonyl (C=O) groups excluding carboxylic acids is 1. The minimum atomic E-state index is -3.70. The molecule has 2 aromatic rings. The predicted molar refractivity (Wildman–Crippen MR) is 122 cm³/mol. The van der Waals surface area contributed by atoms with Crippen molar-refractivity contribution >= 4 is 43.1 Å². The van der Waals surface area contributed by atoms with Crippen LogP contribution < -0.4 is 4.72 Å². The zero-order valence-corrected chi connectivity index (χ0v) is 20.1. The van der Waals surface area contributed by atoms with Crippen LogP contribution in [0.3, 0.4) is 0 Å². The first-order valence-corrected chi connectivity index (χ1v) is 13.9. The highest BCUT2D eigenvalue weighted by Crippen LogP contribution is 2.25. The average Bonchev–Trinajstić information content (AvgIpc) is 3.39. The standard InChI is InChI=1S/C20H24N4O5S3/c1-14(2)18(21-19-15-6-3-4-7-16(15)31(26,27)22-19)20(25)23-9-11-24(12-10-23)32(28,29)17-8-5-13-30-17/h3-8,13-14,18H,9-12H2,1-2H3,(H,21,22)/t18-/m0/s1. The maximum absolute atomic E-state index is 13.3. The number of carbonyl (C=O) groups is 1. The highest BCUT2D eigenvalue weighted by molar-refractivity contribution is 7.91. The predicted octanol–water partition coefficient (Wildman–Crippen LogP) is 1.34. The molecule has 1 atom stereocenters. The summed E-state index contributed by atoms with van der Waals surface area (Å²) in [6.45, 7) is 4.59. The molecule has 12 heteroatoms. The highest BCUT2D eigenvalue weighted by Gasteiger charge is 2.36. The minimum absolute atomic E-state index is 0.140. The van der Waals surface area contributed by atoms with E-state index in [1.165, 1.54) is 21.7 Å². The molecule has 0 unspecified atom stereocenters. The summed E-state index contributed by atoms with van der Waals surface area (Å²) < 4.78 is 54.3. The first-order valence-electron chi connectivity index (χ1n) is 10.1. The molecule has 1 saturated heterocycles. The number of sulfonamides is 2. The van der Waals surface area contributed by atoms with Gasteiger partial charge in [0.1, 0.15) is 16.1 Å². The Kier molecular flexibility index (Phi) is 6.14. The van der Waals surface area contributed by atoms with E-state index >= 15 is 0 Å². The van der Waals surface area contributed by atoms with Gasteiger partial charge in [0.25, 0.3) is 20.0 Å². The fraction of sp³-hybridized carbons (Fsp3) is 0.400. The van der Waals surface area contributed by atoms with Crippen LogP contribution in [-0.4, -0.2) is 70.0 Å². The summed E-state index contributed by atoms with van der Waals surface area (Å²) in [5, 5.41) is 1.72. The Balaban J connectivity index is 1.52. The van der Waals surface area contributed by atoms with Gasteiger partial charge in [-0.05, 0) is 29.5 Å². The number of hydrogen-bond acceptors (Lipinski definition) is 7. The van der Waals surface area contributed by atoms with Crippen molar-refractivity contribution in [3.63, 3.8) is 0 Å². The van der Waals surface area contributed by atoms with Crippen LogP contribution in [0, 0.1) is 5.92 Å². The Morgan fingerprint density at radius 1 is 1.09 bits per heavy atom. The maximum Gasteiger partial charge on any atom is 0.263 e. The smallest absolute Gasteiger partial charge is 0.263 e. The molecule has 2 aliphatic heterocycles. The summed E-state index contributed by atoms with van der Waals surface area (Å²) in [7, 11) is -7.26. The lowest BCUT2D eigenvalue weighted by atomic mass is 10.0. The molecule has 0 spiro atoms. The molecule has 1 fully saturated rings. The molecule has 4 rings (SSSR count). The van der Waals surface area contributed by atoms with E-state index in [1.807, 2.05) is 13.8 Å². The van der Waals surface area contributed by atoms with Gasteiger partial charge in [-0.2, -0.15) is 4.31 Å². The Hall–Kier alpha value is -2.28. The molecule has 3 heterocycles. The number of nitrogens with zero attached hydrogens (tertiary/aromatic N) is 3. The molecule has 9 nitrogen and oxygen atoms in total. The quantitative estimate of drug-likeness (QED) is 0.671. The van der Waals surface area contributed by atoms with Crippen molar-refractivity contribution in [1.29, 1.82) is 0 Å². The van der Waals surface area contributed by atoms with Crippen LogP contribution >= 0.6 is 11.3 Å². The van der Waals surface area contributed by atoms with E-state index in [4.69, 9.17) is 0 Å². The lowest BCUT2D eigenvalue weighted by molar-refractivity contribution is -0.134. The number of nitrogens with one attached hydrogen (secondary N) is 1. The van der Waals surface area contributed by atoms with Gasteiger partial charge in [-0.3, -0.25) is 14.5 Å². The largest absolute Gasteiger partial charge is 0.338 e. The van der Waals surface area contributed by atoms with Crippen LogP contribution in [0.5, 0.6) is 0 Å². The third-order valence-electron chi connectivity index (χ3n) is 5.45. The van der Waals surface area contributed by atoms with Crippen molar-refractivity contribution in [3.8, 4) is 0 Å². The third-order valence-corrected chi connectivity index (χ3v) is 10.1. The van der Waals surface area contributed by atoms with Crippen molar-refractivity contribution in [3.05, 3.63) is 47.3 Å². The summed E-state index contributed by atoms with van der Waals surface area (Å²) in [4.78, 5) is 19.5. The SMILES string of the molecule is CC(C)[C@H](N=C1NS(=O)(=O)c2ccccc21)C(=O)N1CCN(S(=O)(=O)c2cccs2)CC1. The first kappa shape index (κ1) is 22.9. The number of amides is 1. The van der Waals surface area contributed by atoms with E-state index in [2.05, 4.69) is 9.71 Å². The minimum Gasteiger partial charge on any atom is -0.338 e. The van der Waals surface area contributed by atoms with Gasteiger partial charge < -0.3 is 4.90 Å². The van der Waals surface area contributed by atoms with Gasteiger partial charge in [0.2, 0.25) is 5.91 Å². The molecule has 172 valence electrons. The third kappa shape index (κ3) is 4.19. The van der Waals surface area contributed by atoms with Gasteiger partial charge in [0.05, 0.1) is 4.90 Å². The van der Waals surface area contributed by atoms with E-state index in [0.29, 0.717) is 5.56 Å². The molecule has 1 aromatic heterocycles. The number of aliphatic imine (C=N–C) groups is 1. The van der Waals surface area contributed by atoms with Crippen LogP contribution in [0.4, 0.5) is 0 Å². The van der Waals surface area contributed by atoms with Gasteiger partial charge in [-0.1, -0.05) is 32.0 Å². The van der Waals surface area contributed by atoms with Gasteiger partial charge in [-0.25, -0.2) is 16.8 Å². The topological polar surface area (TPSA) is 116 Å². The number of thiophene rings is 1. The summed E-state index contributed by atoms with van der Waals surface area (Å²) in [5.41, 5.74) is 0.442. The highest BCUT2D eigenvalue weighted by atomic mass is 32.2. The molecule has 1 N–H and O–H groups in total.